The quantitative estimate of drug-likeness (QED) is 0.816. The Balaban J connectivity index is 2.02. The summed E-state index contributed by atoms with van der Waals surface area (Å²) in [5, 5.41) is 3.38. The number of hydrogen-bond donors (Lipinski definition) is 1. The smallest absolute Gasteiger partial charge is 0.129 e. The largest absolute Gasteiger partial charge is 0.314 e. The molecule has 1 aromatic carbocycles. The van der Waals surface area contributed by atoms with Gasteiger partial charge in [0.15, 0.2) is 0 Å². The molecule has 0 aromatic heterocycles. The molecule has 2 rings (SSSR count). The molecule has 1 saturated heterocycles. The zero-order valence-electron chi connectivity index (χ0n) is 9.47. The van der Waals surface area contributed by atoms with Gasteiger partial charge >= 0.3 is 0 Å². The first kappa shape index (κ1) is 11.5. The molecular weight excluding hydrogens is 208 g/mol. The molecule has 3 heteroatoms. The fourth-order valence-corrected chi connectivity index (χ4v) is 2.33. The molecule has 2 atom stereocenters. The van der Waals surface area contributed by atoms with E-state index in [9.17, 15) is 8.78 Å². The van der Waals surface area contributed by atoms with Crippen molar-refractivity contribution in [3.8, 4) is 0 Å². The molecule has 1 fully saturated rings. The average molecular weight is 225 g/mol. The third kappa shape index (κ3) is 2.79. The van der Waals surface area contributed by atoms with Gasteiger partial charge in [-0.25, -0.2) is 8.78 Å². The lowest BCUT2D eigenvalue weighted by Crippen LogP contribution is -2.38. The zero-order chi connectivity index (χ0) is 11.5. The first-order chi connectivity index (χ1) is 7.65. The van der Waals surface area contributed by atoms with E-state index in [1.165, 1.54) is 12.5 Å². The van der Waals surface area contributed by atoms with Crippen molar-refractivity contribution in [1.82, 2.24) is 5.32 Å². The zero-order valence-corrected chi connectivity index (χ0v) is 9.47. The van der Waals surface area contributed by atoms with E-state index < -0.39 is 11.6 Å². The number of piperidine rings is 1. The second-order valence-corrected chi connectivity index (χ2v) is 4.72. The Morgan fingerprint density at radius 1 is 1.38 bits per heavy atom. The maximum atomic E-state index is 13.4. The van der Waals surface area contributed by atoms with Crippen molar-refractivity contribution in [2.75, 3.05) is 6.54 Å². The molecule has 0 aliphatic carbocycles. The topological polar surface area (TPSA) is 12.0 Å². The molecule has 1 N–H and O–H groups in total. The van der Waals surface area contributed by atoms with Gasteiger partial charge in [0.25, 0.3) is 0 Å². The highest BCUT2D eigenvalue weighted by Gasteiger charge is 2.19. The van der Waals surface area contributed by atoms with E-state index in [0.717, 1.165) is 19.0 Å². The molecule has 1 aromatic rings. The van der Waals surface area contributed by atoms with Crippen molar-refractivity contribution in [3.05, 3.63) is 35.4 Å². The van der Waals surface area contributed by atoms with Crippen molar-refractivity contribution in [2.45, 2.75) is 32.2 Å². The maximum absolute atomic E-state index is 13.4. The number of nitrogens with one attached hydrogen (secondary N) is 1. The molecule has 1 aliphatic rings. The first-order valence-corrected chi connectivity index (χ1v) is 5.82. The average Bonchev–Trinajstić information content (AvgIpc) is 2.22. The predicted molar refractivity (Wildman–Crippen MR) is 60.3 cm³/mol. The van der Waals surface area contributed by atoms with Crippen LogP contribution in [-0.2, 0) is 6.42 Å². The lowest BCUT2D eigenvalue weighted by Gasteiger charge is -2.28. The van der Waals surface area contributed by atoms with Crippen LogP contribution in [0, 0.1) is 17.6 Å². The fourth-order valence-electron chi connectivity index (χ4n) is 2.33. The van der Waals surface area contributed by atoms with Crippen molar-refractivity contribution in [1.29, 1.82) is 0 Å². The number of benzene rings is 1. The van der Waals surface area contributed by atoms with Gasteiger partial charge in [-0.1, -0.05) is 13.0 Å². The highest BCUT2D eigenvalue weighted by atomic mass is 19.1. The lowest BCUT2D eigenvalue weighted by atomic mass is 9.90. The molecule has 16 heavy (non-hydrogen) atoms. The second kappa shape index (κ2) is 4.91. The van der Waals surface area contributed by atoms with E-state index in [0.29, 0.717) is 23.9 Å². The van der Waals surface area contributed by atoms with Crippen LogP contribution in [0.3, 0.4) is 0 Å². The summed E-state index contributed by atoms with van der Waals surface area (Å²) in [6.07, 6.45) is 2.90. The van der Waals surface area contributed by atoms with E-state index in [4.69, 9.17) is 0 Å². The SMILES string of the molecule is CC1CCNC(Cc2ccc(F)cc2F)C1. The lowest BCUT2D eigenvalue weighted by molar-refractivity contribution is 0.316. The second-order valence-electron chi connectivity index (χ2n) is 4.72. The van der Waals surface area contributed by atoms with Crippen LogP contribution >= 0.6 is 0 Å². The highest BCUT2D eigenvalue weighted by Crippen LogP contribution is 2.19. The summed E-state index contributed by atoms with van der Waals surface area (Å²) >= 11 is 0. The van der Waals surface area contributed by atoms with E-state index in [1.807, 2.05) is 0 Å². The molecule has 0 bridgehead atoms. The standard InChI is InChI=1S/C13H17F2N/c1-9-4-5-16-12(6-9)7-10-2-3-11(14)8-13(10)15/h2-3,8-9,12,16H,4-7H2,1H3. The van der Waals surface area contributed by atoms with Crippen molar-refractivity contribution in [2.24, 2.45) is 5.92 Å². The normalized spacial score (nSPS) is 25.7. The Morgan fingerprint density at radius 3 is 2.88 bits per heavy atom. The van der Waals surface area contributed by atoms with E-state index >= 15 is 0 Å². The van der Waals surface area contributed by atoms with Gasteiger partial charge < -0.3 is 5.32 Å². The van der Waals surface area contributed by atoms with Gasteiger partial charge in [-0.15, -0.1) is 0 Å². The molecule has 0 radical (unpaired) electrons. The summed E-state index contributed by atoms with van der Waals surface area (Å²) in [5.41, 5.74) is 0.605. The summed E-state index contributed by atoms with van der Waals surface area (Å²) in [6.45, 7) is 3.21. The highest BCUT2D eigenvalue weighted by molar-refractivity contribution is 5.19. The third-order valence-corrected chi connectivity index (χ3v) is 3.24. The predicted octanol–water partition coefficient (Wildman–Crippen LogP) is 2.90. The summed E-state index contributed by atoms with van der Waals surface area (Å²) in [5.74, 6) is -0.249. The fraction of sp³-hybridized carbons (Fsp3) is 0.538. The van der Waals surface area contributed by atoms with Gasteiger partial charge in [0.05, 0.1) is 0 Å². The van der Waals surface area contributed by atoms with Crippen LogP contribution < -0.4 is 5.32 Å². The van der Waals surface area contributed by atoms with E-state index in [2.05, 4.69) is 12.2 Å². The van der Waals surface area contributed by atoms with Crippen LogP contribution in [0.5, 0.6) is 0 Å². The Bertz CT molecular complexity index is 365. The molecular formula is C13H17F2N. The number of rotatable bonds is 2. The minimum atomic E-state index is -0.508. The van der Waals surface area contributed by atoms with Gasteiger partial charge in [-0.2, -0.15) is 0 Å². The molecule has 88 valence electrons. The minimum Gasteiger partial charge on any atom is -0.314 e. The van der Waals surface area contributed by atoms with Crippen LogP contribution in [0.25, 0.3) is 0 Å². The van der Waals surface area contributed by atoms with Crippen LogP contribution in [0.4, 0.5) is 8.78 Å². The first-order valence-electron chi connectivity index (χ1n) is 5.82. The van der Waals surface area contributed by atoms with Crippen molar-refractivity contribution < 1.29 is 8.78 Å². The molecule has 0 saturated carbocycles. The van der Waals surface area contributed by atoms with E-state index in [1.54, 1.807) is 6.07 Å². The Labute approximate surface area is 94.9 Å². The summed E-state index contributed by atoms with van der Waals surface area (Å²) in [6, 6.07) is 4.15. The maximum Gasteiger partial charge on any atom is 0.129 e. The van der Waals surface area contributed by atoms with Crippen LogP contribution in [0.2, 0.25) is 0 Å². The third-order valence-electron chi connectivity index (χ3n) is 3.24. The van der Waals surface area contributed by atoms with Gasteiger partial charge in [0, 0.05) is 12.1 Å². The van der Waals surface area contributed by atoms with Crippen molar-refractivity contribution in [3.63, 3.8) is 0 Å². The number of hydrogen-bond acceptors (Lipinski definition) is 1. The minimum absolute atomic E-state index is 0.323. The van der Waals surface area contributed by atoms with Gasteiger partial charge in [0.2, 0.25) is 0 Å². The summed E-state index contributed by atoms with van der Waals surface area (Å²) < 4.78 is 26.2. The summed E-state index contributed by atoms with van der Waals surface area (Å²) in [4.78, 5) is 0. The van der Waals surface area contributed by atoms with Gasteiger partial charge in [0.1, 0.15) is 11.6 Å². The van der Waals surface area contributed by atoms with Gasteiger partial charge in [-0.05, 0) is 43.4 Å². The molecule has 2 unspecified atom stereocenters. The molecule has 0 amide bonds. The monoisotopic (exact) mass is 225 g/mol. The molecule has 1 aliphatic heterocycles. The Hall–Kier alpha value is -0.960. The molecule has 0 spiro atoms. The van der Waals surface area contributed by atoms with Crippen LogP contribution in [0.15, 0.2) is 18.2 Å². The Kier molecular flexibility index (Phi) is 3.54. The molecule has 1 nitrogen and oxygen atoms in total. The van der Waals surface area contributed by atoms with Crippen LogP contribution in [-0.4, -0.2) is 12.6 Å². The summed E-state index contributed by atoms with van der Waals surface area (Å²) in [7, 11) is 0. The Morgan fingerprint density at radius 2 is 2.19 bits per heavy atom. The van der Waals surface area contributed by atoms with E-state index in [-0.39, 0.29) is 0 Å². The number of halogens is 2. The van der Waals surface area contributed by atoms with Crippen LogP contribution in [0.1, 0.15) is 25.3 Å². The molecule has 1 heterocycles. The van der Waals surface area contributed by atoms with Crippen molar-refractivity contribution >= 4 is 0 Å². The van der Waals surface area contributed by atoms with Gasteiger partial charge in [-0.3, -0.25) is 0 Å².